The molecular formula is C23H22N2O4. The van der Waals surface area contributed by atoms with Crippen molar-refractivity contribution < 1.29 is 19.1 Å². The van der Waals surface area contributed by atoms with Crippen molar-refractivity contribution in [1.82, 2.24) is 4.90 Å². The number of hydrogen-bond donors (Lipinski definition) is 1. The average molecular weight is 390 g/mol. The molecule has 0 aliphatic rings. The first kappa shape index (κ1) is 20.1. The molecule has 0 bridgehead atoms. The lowest BCUT2D eigenvalue weighted by Gasteiger charge is -2.18. The molecule has 1 N–H and O–H groups in total. The van der Waals surface area contributed by atoms with Crippen molar-refractivity contribution in [3.05, 3.63) is 71.8 Å². The van der Waals surface area contributed by atoms with Gasteiger partial charge in [0, 0.05) is 12.7 Å². The topological polar surface area (TPSA) is 75.7 Å². The summed E-state index contributed by atoms with van der Waals surface area (Å²) in [5.41, 5.74) is 2.16. The fraction of sp³-hybridized carbons (Fsp3) is 0.174. The van der Waals surface area contributed by atoms with Crippen LogP contribution in [0.25, 0.3) is 10.8 Å². The van der Waals surface area contributed by atoms with E-state index in [4.69, 9.17) is 4.74 Å². The van der Waals surface area contributed by atoms with Gasteiger partial charge in [0.25, 0.3) is 5.91 Å². The molecule has 6 nitrogen and oxygen atoms in total. The molecule has 0 atom stereocenters. The first-order valence-electron chi connectivity index (χ1n) is 9.18. The molecule has 0 aliphatic heterocycles. The van der Waals surface area contributed by atoms with Crippen molar-refractivity contribution >= 4 is 34.6 Å². The molecule has 6 heteroatoms. The van der Waals surface area contributed by atoms with Crippen molar-refractivity contribution in [3.8, 4) is 5.75 Å². The summed E-state index contributed by atoms with van der Waals surface area (Å²) in [7, 11) is 1.53. The minimum absolute atomic E-state index is 0.103. The predicted molar refractivity (Wildman–Crippen MR) is 112 cm³/mol. The molecule has 0 aliphatic carbocycles. The predicted octanol–water partition coefficient (Wildman–Crippen LogP) is 3.44. The average Bonchev–Trinajstić information content (AvgIpc) is 2.73. The quantitative estimate of drug-likeness (QED) is 0.627. The van der Waals surface area contributed by atoms with E-state index in [1.54, 1.807) is 18.2 Å². The lowest BCUT2D eigenvalue weighted by molar-refractivity contribution is -0.135. The Labute approximate surface area is 169 Å². The van der Waals surface area contributed by atoms with Crippen LogP contribution in [-0.4, -0.2) is 43.2 Å². The van der Waals surface area contributed by atoms with E-state index in [1.165, 1.54) is 11.9 Å². The summed E-state index contributed by atoms with van der Waals surface area (Å²) >= 11 is 0. The van der Waals surface area contributed by atoms with Gasteiger partial charge < -0.3 is 15.0 Å². The standard InChI is InChI=1S/C23H22N2O4/c1-16-7-10-18(11-8-16)24-22(27)13-25(2)23(28)15-29-21-12-9-17-5-3-4-6-19(17)20(21)14-26/h3-12,14H,13,15H2,1-2H3,(H,24,27). The first-order chi connectivity index (χ1) is 14.0. The molecule has 0 aromatic heterocycles. The Morgan fingerprint density at radius 2 is 1.76 bits per heavy atom. The van der Waals surface area contributed by atoms with Gasteiger partial charge in [-0.05, 0) is 35.9 Å². The van der Waals surface area contributed by atoms with Gasteiger partial charge in [0.05, 0.1) is 12.1 Å². The fourth-order valence-corrected chi connectivity index (χ4v) is 2.91. The summed E-state index contributed by atoms with van der Waals surface area (Å²) in [6.07, 6.45) is 0.723. The number of ether oxygens (including phenoxy) is 1. The van der Waals surface area contributed by atoms with Crippen molar-refractivity contribution in [3.63, 3.8) is 0 Å². The monoisotopic (exact) mass is 390 g/mol. The summed E-state index contributed by atoms with van der Waals surface area (Å²) < 4.78 is 5.58. The van der Waals surface area contributed by atoms with Gasteiger partial charge in [-0.25, -0.2) is 0 Å². The van der Waals surface area contributed by atoms with Crippen molar-refractivity contribution in [2.45, 2.75) is 6.92 Å². The Balaban J connectivity index is 1.58. The highest BCUT2D eigenvalue weighted by atomic mass is 16.5. The molecule has 0 saturated carbocycles. The van der Waals surface area contributed by atoms with Crippen LogP contribution in [0.4, 0.5) is 5.69 Å². The Kier molecular flexibility index (Phi) is 6.24. The normalized spacial score (nSPS) is 10.4. The molecule has 0 heterocycles. The Hall–Kier alpha value is -3.67. The zero-order valence-electron chi connectivity index (χ0n) is 16.3. The van der Waals surface area contributed by atoms with E-state index >= 15 is 0 Å². The molecular weight excluding hydrogens is 368 g/mol. The number of rotatable bonds is 7. The number of aldehydes is 1. The second-order valence-corrected chi connectivity index (χ2v) is 6.77. The third-order valence-corrected chi connectivity index (χ3v) is 4.54. The van der Waals surface area contributed by atoms with E-state index in [0.29, 0.717) is 17.0 Å². The maximum absolute atomic E-state index is 12.3. The fourth-order valence-electron chi connectivity index (χ4n) is 2.91. The smallest absolute Gasteiger partial charge is 0.260 e. The number of carbonyl (C=O) groups is 3. The second kappa shape index (κ2) is 9.01. The first-order valence-corrected chi connectivity index (χ1v) is 9.18. The maximum atomic E-state index is 12.3. The van der Waals surface area contributed by atoms with Crippen molar-refractivity contribution in [2.75, 3.05) is 25.5 Å². The van der Waals surface area contributed by atoms with Gasteiger partial charge in [0.1, 0.15) is 5.75 Å². The van der Waals surface area contributed by atoms with Gasteiger partial charge in [-0.2, -0.15) is 0 Å². The number of likely N-dealkylation sites (N-methyl/N-ethyl adjacent to an activating group) is 1. The Bertz CT molecular complexity index is 1040. The number of benzene rings is 3. The lowest BCUT2D eigenvalue weighted by atomic mass is 10.0. The third kappa shape index (κ3) is 4.99. The van der Waals surface area contributed by atoms with Gasteiger partial charge in [-0.1, -0.05) is 48.0 Å². The minimum atomic E-state index is -0.367. The third-order valence-electron chi connectivity index (χ3n) is 4.54. The number of fused-ring (bicyclic) bond motifs is 1. The number of amides is 2. The summed E-state index contributed by atoms with van der Waals surface area (Å²) in [6, 6.07) is 18.4. The summed E-state index contributed by atoms with van der Waals surface area (Å²) in [6.45, 7) is 1.59. The van der Waals surface area contributed by atoms with E-state index in [1.807, 2.05) is 49.4 Å². The number of aryl methyl sites for hydroxylation is 1. The molecule has 3 aromatic rings. The Morgan fingerprint density at radius 3 is 2.48 bits per heavy atom. The molecule has 0 radical (unpaired) electrons. The number of nitrogens with zero attached hydrogens (tertiary/aromatic N) is 1. The van der Waals surface area contributed by atoms with Crippen LogP contribution in [0, 0.1) is 6.92 Å². The van der Waals surface area contributed by atoms with Gasteiger partial charge >= 0.3 is 0 Å². The SMILES string of the molecule is Cc1ccc(NC(=O)CN(C)C(=O)COc2ccc3ccccc3c2C=O)cc1. The molecule has 0 spiro atoms. The van der Waals surface area contributed by atoms with Gasteiger partial charge in [-0.15, -0.1) is 0 Å². The van der Waals surface area contributed by atoms with Gasteiger partial charge in [-0.3, -0.25) is 14.4 Å². The number of nitrogens with one attached hydrogen (secondary N) is 1. The van der Waals surface area contributed by atoms with Crippen LogP contribution in [0.2, 0.25) is 0 Å². The maximum Gasteiger partial charge on any atom is 0.260 e. The van der Waals surface area contributed by atoms with E-state index in [9.17, 15) is 14.4 Å². The van der Waals surface area contributed by atoms with Gasteiger partial charge in [0.2, 0.25) is 5.91 Å². The zero-order valence-corrected chi connectivity index (χ0v) is 16.3. The number of carbonyl (C=O) groups excluding carboxylic acids is 3. The van der Waals surface area contributed by atoms with Crippen LogP contribution in [0.15, 0.2) is 60.7 Å². The largest absolute Gasteiger partial charge is 0.483 e. The highest BCUT2D eigenvalue weighted by molar-refractivity contribution is 6.01. The molecule has 2 amide bonds. The van der Waals surface area contributed by atoms with Crippen LogP contribution in [0.1, 0.15) is 15.9 Å². The molecule has 0 saturated heterocycles. The van der Waals surface area contributed by atoms with E-state index in [0.717, 1.165) is 22.6 Å². The summed E-state index contributed by atoms with van der Waals surface area (Å²) in [5.74, 6) is -0.331. The van der Waals surface area contributed by atoms with Crippen molar-refractivity contribution in [1.29, 1.82) is 0 Å². The molecule has 0 unspecified atom stereocenters. The van der Waals surface area contributed by atoms with Crippen LogP contribution in [0.5, 0.6) is 5.75 Å². The van der Waals surface area contributed by atoms with Crippen LogP contribution in [-0.2, 0) is 9.59 Å². The van der Waals surface area contributed by atoms with Crippen LogP contribution >= 0.6 is 0 Å². The van der Waals surface area contributed by atoms with E-state index in [-0.39, 0.29) is 25.0 Å². The van der Waals surface area contributed by atoms with Crippen molar-refractivity contribution in [2.24, 2.45) is 0 Å². The number of anilines is 1. The van der Waals surface area contributed by atoms with Crippen LogP contribution in [0.3, 0.4) is 0 Å². The highest BCUT2D eigenvalue weighted by Crippen LogP contribution is 2.26. The molecule has 3 rings (SSSR count). The second-order valence-electron chi connectivity index (χ2n) is 6.77. The Morgan fingerprint density at radius 1 is 1.03 bits per heavy atom. The summed E-state index contributed by atoms with van der Waals surface area (Å²) in [5, 5.41) is 4.42. The van der Waals surface area contributed by atoms with Crippen LogP contribution < -0.4 is 10.1 Å². The number of hydrogen-bond acceptors (Lipinski definition) is 4. The lowest BCUT2D eigenvalue weighted by Crippen LogP contribution is -2.37. The summed E-state index contributed by atoms with van der Waals surface area (Å²) in [4.78, 5) is 37.3. The highest BCUT2D eigenvalue weighted by Gasteiger charge is 2.15. The molecule has 148 valence electrons. The van der Waals surface area contributed by atoms with E-state index in [2.05, 4.69) is 5.32 Å². The molecule has 0 fully saturated rings. The van der Waals surface area contributed by atoms with E-state index < -0.39 is 0 Å². The molecule has 3 aromatic carbocycles. The minimum Gasteiger partial charge on any atom is -0.483 e. The molecule has 29 heavy (non-hydrogen) atoms. The zero-order chi connectivity index (χ0) is 20.8. The van der Waals surface area contributed by atoms with Gasteiger partial charge in [0.15, 0.2) is 12.9 Å².